The van der Waals surface area contributed by atoms with Crippen LogP contribution in [0.15, 0.2) is 24.3 Å². The predicted octanol–water partition coefficient (Wildman–Crippen LogP) is 3.82. The highest BCUT2D eigenvalue weighted by molar-refractivity contribution is 5.94. The molecule has 1 saturated carbocycles. The van der Waals surface area contributed by atoms with Gasteiger partial charge >= 0.3 is 0 Å². The molecule has 4 unspecified atom stereocenters. The smallest absolute Gasteiger partial charge is 0.245 e. The molecule has 2 fully saturated rings. The van der Waals surface area contributed by atoms with Crippen molar-refractivity contribution in [3.63, 3.8) is 0 Å². The fourth-order valence-corrected chi connectivity index (χ4v) is 4.38. The zero-order valence-electron chi connectivity index (χ0n) is 16.5. The number of amides is 2. The molecular formula is C22H32N2O2. The molecule has 1 heterocycles. The van der Waals surface area contributed by atoms with Gasteiger partial charge in [-0.25, -0.2) is 0 Å². The van der Waals surface area contributed by atoms with Gasteiger partial charge in [-0.05, 0) is 44.1 Å². The van der Waals surface area contributed by atoms with Crippen LogP contribution in [0.5, 0.6) is 0 Å². The highest BCUT2D eigenvalue weighted by Gasteiger charge is 2.48. The van der Waals surface area contributed by atoms with Gasteiger partial charge in [0.1, 0.15) is 5.54 Å². The van der Waals surface area contributed by atoms with Gasteiger partial charge in [-0.1, -0.05) is 56.5 Å². The minimum Gasteiger partial charge on any atom is -0.351 e. The molecule has 26 heavy (non-hydrogen) atoms. The monoisotopic (exact) mass is 356 g/mol. The average molecular weight is 357 g/mol. The van der Waals surface area contributed by atoms with Crippen LogP contribution in [-0.4, -0.2) is 28.3 Å². The van der Waals surface area contributed by atoms with Crippen LogP contribution in [0.3, 0.4) is 0 Å². The first-order chi connectivity index (χ1) is 12.3. The lowest BCUT2D eigenvalue weighted by atomic mass is 9.77. The molecule has 2 amide bonds. The molecule has 1 saturated heterocycles. The molecule has 1 aliphatic carbocycles. The lowest BCUT2D eigenvalue weighted by molar-refractivity contribution is -0.142. The van der Waals surface area contributed by atoms with Gasteiger partial charge in [0.05, 0.1) is 0 Å². The van der Waals surface area contributed by atoms with Gasteiger partial charge in [0, 0.05) is 19.0 Å². The van der Waals surface area contributed by atoms with Gasteiger partial charge in [0.2, 0.25) is 11.8 Å². The molecule has 1 aromatic rings. The van der Waals surface area contributed by atoms with Crippen LogP contribution in [0.4, 0.5) is 0 Å². The quantitative estimate of drug-likeness (QED) is 0.892. The Labute approximate surface area is 157 Å². The van der Waals surface area contributed by atoms with Gasteiger partial charge < -0.3 is 10.2 Å². The van der Waals surface area contributed by atoms with Crippen LogP contribution in [-0.2, 0) is 16.1 Å². The van der Waals surface area contributed by atoms with Gasteiger partial charge in [-0.2, -0.15) is 0 Å². The van der Waals surface area contributed by atoms with Crippen LogP contribution < -0.4 is 5.32 Å². The maximum Gasteiger partial charge on any atom is 0.245 e. The second-order valence-corrected chi connectivity index (χ2v) is 8.59. The van der Waals surface area contributed by atoms with E-state index in [0.29, 0.717) is 31.2 Å². The Bertz CT molecular complexity index is 669. The van der Waals surface area contributed by atoms with E-state index in [1.807, 2.05) is 19.1 Å². The van der Waals surface area contributed by atoms with E-state index in [1.165, 1.54) is 18.4 Å². The number of likely N-dealkylation sites (tertiary alicyclic amines) is 1. The second kappa shape index (κ2) is 7.42. The van der Waals surface area contributed by atoms with Gasteiger partial charge in [-0.15, -0.1) is 0 Å². The summed E-state index contributed by atoms with van der Waals surface area (Å²) < 4.78 is 0. The van der Waals surface area contributed by atoms with Crippen molar-refractivity contribution >= 4 is 11.8 Å². The molecule has 0 radical (unpaired) electrons. The molecule has 1 N–H and O–H groups in total. The van der Waals surface area contributed by atoms with E-state index >= 15 is 0 Å². The van der Waals surface area contributed by atoms with Gasteiger partial charge in [0.15, 0.2) is 0 Å². The van der Waals surface area contributed by atoms with Gasteiger partial charge in [0.25, 0.3) is 0 Å². The van der Waals surface area contributed by atoms with Crippen molar-refractivity contribution in [2.24, 2.45) is 11.8 Å². The largest absolute Gasteiger partial charge is 0.351 e. The summed E-state index contributed by atoms with van der Waals surface area (Å²) in [5.74, 6) is 1.21. The third kappa shape index (κ3) is 3.65. The minimum atomic E-state index is -0.748. The maximum atomic E-state index is 13.2. The van der Waals surface area contributed by atoms with E-state index in [0.717, 1.165) is 12.0 Å². The Kier molecular flexibility index (Phi) is 5.40. The van der Waals surface area contributed by atoms with Crippen molar-refractivity contribution in [1.82, 2.24) is 10.2 Å². The molecule has 0 bridgehead atoms. The first kappa shape index (κ1) is 18.9. The molecule has 3 rings (SSSR count). The first-order valence-corrected chi connectivity index (χ1v) is 9.98. The van der Waals surface area contributed by atoms with Crippen molar-refractivity contribution < 1.29 is 9.59 Å². The Morgan fingerprint density at radius 1 is 1.23 bits per heavy atom. The number of carbonyl (C=O) groups excluding carboxylic acids is 2. The summed E-state index contributed by atoms with van der Waals surface area (Å²) in [7, 11) is 0. The second-order valence-electron chi connectivity index (χ2n) is 8.59. The molecular weight excluding hydrogens is 324 g/mol. The summed E-state index contributed by atoms with van der Waals surface area (Å²) in [5.41, 5.74) is 1.52. The van der Waals surface area contributed by atoms with Crippen LogP contribution in [0.25, 0.3) is 0 Å². The van der Waals surface area contributed by atoms with Crippen LogP contribution >= 0.6 is 0 Å². The Morgan fingerprint density at radius 2 is 1.92 bits per heavy atom. The molecule has 2 aliphatic rings. The van der Waals surface area contributed by atoms with Crippen molar-refractivity contribution in [2.75, 3.05) is 0 Å². The van der Waals surface area contributed by atoms with E-state index < -0.39 is 5.54 Å². The Balaban J connectivity index is 1.74. The summed E-state index contributed by atoms with van der Waals surface area (Å²) in [5, 5.41) is 3.29. The zero-order chi connectivity index (χ0) is 18.9. The summed E-state index contributed by atoms with van der Waals surface area (Å²) in [6.07, 6.45) is 4.49. The molecule has 142 valence electrons. The number of hydrogen-bond acceptors (Lipinski definition) is 2. The summed E-state index contributed by atoms with van der Waals surface area (Å²) in [4.78, 5) is 27.5. The third-order valence-electron chi connectivity index (χ3n) is 6.70. The van der Waals surface area contributed by atoms with Crippen LogP contribution in [0.1, 0.15) is 64.0 Å². The fourth-order valence-electron chi connectivity index (χ4n) is 4.38. The third-order valence-corrected chi connectivity index (χ3v) is 6.70. The summed E-state index contributed by atoms with van der Waals surface area (Å²) in [6.45, 7) is 8.99. The van der Waals surface area contributed by atoms with Crippen LogP contribution in [0, 0.1) is 18.8 Å². The summed E-state index contributed by atoms with van der Waals surface area (Å²) in [6, 6.07) is 8.42. The topological polar surface area (TPSA) is 49.4 Å². The number of hydrogen-bond donors (Lipinski definition) is 1. The molecule has 4 atom stereocenters. The number of benzene rings is 1. The molecule has 4 nitrogen and oxygen atoms in total. The minimum absolute atomic E-state index is 0.0152. The van der Waals surface area contributed by atoms with Crippen LogP contribution in [0.2, 0.25) is 0 Å². The molecule has 0 spiro atoms. The van der Waals surface area contributed by atoms with E-state index in [-0.39, 0.29) is 17.9 Å². The van der Waals surface area contributed by atoms with E-state index in [1.54, 1.807) is 4.90 Å². The van der Waals surface area contributed by atoms with Crippen molar-refractivity contribution in [3.8, 4) is 0 Å². The normalized spacial score (nSPS) is 31.9. The highest BCUT2D eigenvalue weighted by atomic mass is 16.2. The lowest BCUT2D eigenvalue weighted by Crippen LogP contribution is -2.57. The van der Waals surface area contributed by atoms with Gasteiger partial charge in [-0.3, -0.25) is 9.59 Å². The molecule has 1 aromatic carbocycles. The number of nitrogens with one attached hydrogen (secondary N) is 1. The Morgan fingerprint density at radius 3 is 2.62 bits per heavy atom. The van der Waals surface area contributed by atoms with Crippen molar-refractivity contribution in [1.29, 1.82) is 0 Å². The standard InChI is InChI=1S/C22H32N2O2/c1-15-8-10-18(11-9-15)14-24-20(25)12-13-22(24,4)21(26)23-19-7-5-6-16(2)17(19)3/h8-11,16-17,19H,5-7,12-14H2,1-4H3,(H,23,26). The van der Waals surface area contributed by atoms with Crippen molar-refractivity contribution in [3.05, 3.63) is 35.4 Å². The van der Waals surface area contributed by atoms with E-state index in [9.17, 15) is 9.59 Å². The lowest BCUT2D eigenvalue weighted by Gasteiger charge is -2.39. The average Bonchev–Trinajstić information content (AvgIpc) is 2.90. The zero-order valence-corrected chi connectivity index (χ0v) is 16.5. The number of aryl methyl sites for hydroxylation is 1. The predicted molar refractivity (Wildman–Crippen MR) is 103 cm³/mol. The Hall–Kier alpha value is -1.84. The molecule has 0 aromatic heterocycles. The molecule has 4 heteroatoms. The number of rotatable bonds is 4. The number of carbonyl (C=O) groups is 2. The maximum absolute atomic E-state index is 13.2. The molecule has 1 aliphatic heterocycles. The highest BCUT2D eigenvalue weighted by Crippen LogP contribution is 2.34. The van der Waals surface area contributed by atoms with E-state index in [4.69, 9.17) is 0 Å². The SMILES string of the molecule is Cc1ccc(CN2C(=O)CCC2(C)C(=O)NC2CCCC(C)C2C)cc1. The summed E-state index contributed by atoms with van der Waals surface area (Å²) >= 11 is 0. The fraction of sp³-hybridized carbons (Fsp3) is 0.636. The van der Waals surface area contributed by atoms with E-state index in [2.05, 4.69) is 38.2 Å². The first-order valence-electron chi connectivity index (χ1n) is 9.98. The van der Waals surface area contributed by atoms with Crippen molar-refractivity contribution in [2.45, 2.75) is 77.9 Å². The number of nitrogens with zero attached hydrogens (tertiary/aromatic N) is 1.